The van der Waals surface area contributed by atoms with Gasteiger partial charge in [-0.15, -0.1) is 4.91 Å². The first kappa shape index (κ1) is 10.1. The Balaban J connectivity index is 2.28. The Morgan fingerprint density at radius 1 is 1.20 bits per heavy atom. The molecule has 3 heteroatoms. The van der Waals surface area contributed by atoms with Crippen LogP contribution in [0.15, 0.2) is 23.4 Å². The maximum atomic E-state index is 10.4. The molecule has 0 spiro atoms. The predicted octanol–water partition coefficient (Wildman–Crippen LogP) is 3.84. The number of nitroso groups, excluding NO2 is 1. The number of aromatic hydroxyl groups is 1. The summed E-state index contributed by atoms with van der Waals surface area (Å²) in [5.74, 6) is 0.703. The van der Waals surface area contributed by atoms with Gasteiger partial charge in [0.25, 0.3) is 0 Å². The minimum atomic E-state index is 0.300. The number of rotatable bonds is 2. The molecule has 1 aliphatic rings. The molecule has 0 bridgehead atoms. The van der Waals surface area contributed by atoms with E-state index in [1.165, 1.54) is 19.3 Å². The van der Waals surface area contributed by atoms with Gasteiger partial charge in [0.2, 0.25) is 0 Å². The van der Waals surface area contributed by atoms with Crippen LogP contribution in [0.5, 0.6) is 5.75 Å². The average molecular weight is 205 g/mol. The van der Waals surface area contributed by atoms with Crippen molar-refractivity contribution in [1.82, 2.24) is 0 Å². The Labute approximate surface area is 89.1 Å². The van der Waals surface area contributed by atoms with E-state index in [-0.39, 0.29) is 0 Å². The fourth-order valence-corrected chi connectivity index (χ4v) is 2.34. The lowest BCUT2D eigenvalue weighted by Gasteiger charge is -2.22. The highest BCUT2D eigenvalue weighted by molar-refractivity contribution is 5.48. The average Bonchev–Trinajstić information content (AvgIpc) is 2.31. The summed E-state index contributed by atoms with van der Waals surface area (Å²) in [5, 5.41) is 12.6. The van der Waals surface area contributed by atoms with E-state index in [2.05, 4.69) is 5.18 Å². The molecule has 2 rings (SSSR count). The molecule has 0 aromatic heterocycles. The maximum absolute atomic E-state index is 10.4. The van der Waals surface area contributed by atoms with Crippen LogP contribution in [0.3, 0.4) is 0 Å². The van der Waals surface area contributed by atoms with Crippen LogP contribution in [0.1, 0.15) is 43.6 Å². The van der Waals surface area contributed by atoms with Gasteiger partial charge < -0.3 is 5.11 Å². The molecule has 1 fully saturated rings. The zero-order chi connectivity index (χ0) is 10.7. The minimum Gasteiger partial charge on any atom is -0.508 e. The van der Waals surface area contributed by atoms with Gasteiger partial charge in [0.15, 0.2) is 0 Å². The van der Waals surface area contributed by atoms with Gasteiger partial charge in [0.05, 0.1) is 0 Å². The SMILES string of the molecule is O=Nc1ccc(O)c(C2CCCCC2)c1. The summed E-state index contributed by atoms with van der Waals surface area (Å²) < 4.78 is 0. The van der Waals surface area contributed by atoms with Crippen LogP contribution in [-0.4, -0.2) is 5.11 Å². The van der Waals surface area contributed by atoms with Crippen LogP contribution in [0.4, 0.5) is 5.69 Å². The molecule has 0 amide bonds. The topological polar surface area (TPSA) is 49.7 Å². The molecule has 0 heterocycles. The molecule has 0 aliphatic heterocycles. The fourth-order valence-electron chi connectivity index (χ4n) is 2.34. The summed E-state index contributed by atoms with van der Waals surface area (Å²) in [7, 11) is 0. The van der Waals surface area contributed by atoms with E-state index in [4.69, 9.17) is 0 Å². The minimum absolute atomic E-state index is 0.300. The Morgan fingerprint density at radius 2 is 1.93 bits per heavy atom. The van der Waals surface area contributed by atoms with Gasteiger partial charge in [-0.25, -0.2) is 0 Å². The highest BCUT2D eigenvalue weighted by Crippen LogP contribution is 2.38. The molecule has 1 N–H and O–H groups in total. The van der Waals surface area contributed by atoms with Crippen molar-refractivity contribution in [2.45, 2.75) is 38.0 Å². The number of hydrogen-bond donors (Lipinski definition) is 1. The maximum Gasteiger partial charge on any atom is 0.119 e. The lowest BCUT2D eigenvalue weighted by molar-refractivity contribution is 0.414. The van der Waals surface area contributed by atoms with Gasteiger partial charge in [-0.05, 0) is 47.7 Å². The Kier molecular flexibility index (Phi) is 2.99. The predicted molar refractivity (Wildman–Crippen MR) is 59.4 cm³/mol. The number of hydrogen-bond acceptors (Lipinski definition) is 3. The van der Waals surface area contributed by atoms with Crippen LogP contribution in [-0.2, 0) is 0 Å². The molecule has 0 saturated heterocycles. The first-order chi connectivity index (χ1) is 7.31. The van der Waals surface area contributed by atoms with Crippen molar-refractivity contribution >= 4 is 5.69 Å². The molecule has 3 nitrogen and oxygen atoms in total. The molecule has 0 atom stereocenters. The molecule has 1 aliphatic carbocycles. The van der Waals surface area contributed by atoms with Crippen molar-refractivity contribution in [2.24, 2.45) is 5.18 Å². The fraction of sp³-hybridized carbons (Fsp3) is 0.500. The quantitative estimate of drug-likeness (QED) is 0.746. The van der Waals surface area contributed by atoms with Crippen molar-refractivity contribution in [3.8, 4) is 5.75 Å². The number of benzene rings is 1. The van der Waals surface area contributed by atoms with Gasteiger partial charge in [-0.3, -0.25) is 0 Å². The van der Waals surface area contributed by atoms with Crippen molar-refractivity contribution in [3.63, 3.8) is 0 Å². The van der Waals surface area contributed by atoms with E-state index in [0.717, 1.165) is 18.4 Å². The summed E-state index contributed by atoms with van der Waals surface area (Å²) in [4.78, 5) is 10.4. The number of phenols is 1. The summed E-state index contributed by atoms with van der Waals surface area (Å²) in [5.41, 5.74) is 1.31. The van der Waals surface area contributed by atoms with E-state index in [1.807, 2.05) is 0 Å². The first-order valence-electron chi connectivity index (χ1n) is 5.47. The van der Waals surface area contributed by atoms with E-state index >= 15 is 0 Å². The highest BCUT2D eigenvalue weighted by Gasteiger charge is 2.18. The second-order valence-electron chi connectivity index (χ2n) is 4.17. The van der Waals surface area contributed by atoms with Crippen molar-refractivity contribution in [1.29, 1.82) is 0 Å². The van der Waals surface area contributed by atoms with Crippen molar-refractivity contribution in [2.75, 3.05) is 0 Å². The first-order valence-corrected chi connectivity index (χ1v) is 5.47. The third-order valence-electron chi connectivity index (χ3n) is 3.16. The van der Waals surface area contributed by atoms with Gasteiger partial charge in [0, 0.05) is 0 Å². The zero-order valence-electron chi connectivity index (χ0n) is 8.65. The molecular weight excluding hydrogens is 190 g/mol. The molecule has 15 heavy (non-hydrogen) atoms. The molecule has 0 radical (unpaired) electrons. The zero-order valence-corrected chi connectivity index (χ0v) is 8.65. The van der Waals surface area contributed by atoms with Crippen molar-refractivity contribution < 1.29 is 5.11 Å². The Bertz CT molecular complexity index is 357. The lowest BCUT2D eigenvalue weighted by atomic mass is 9.83. The molecular formula is C12H15NO2. The van der Waals surface area contributed by atoms with Crippen LogP contribution >= 0.6 is 0 Å². The highest BCUT2D eigenvalue weighted by atomic mass is 16.3. The van der Waals surface area contributed by atoms with E-state index < -0.39 is 0 Å². The van der Waals surface area contributed by atoms with Crippen molar-refractivity contribution in [3.05, 3.63) is 28.7 Å². The van der Waals surface area contributed by atoms with E-state index in [1.54, 1.807) is 18.2 Å². The van der Waals surface area contributed by atoms with Crippen LogP contribution in [0, 0.1) is 4.91 Å². The van der Waals surface area contributed by atoms with Gasteiger partial charge in [0.1, 0.15) is 11.4 Å². The molecule has 1 aromatic rings. The third kappa shape index (κ3) is 2.17. The summed E-state index contributed by atoms with van der Waals surface area (Å²) >= 11 is 0. The van der Waals surface area contributed by atoms with Gasteiger partial charge in [-0.2, -0.15) is 0 Å². The summed E-state index contributed by atoms with van der Waals surface area (Å²) in [6.07, 6.45) is 5.92. The van der Waals surface area contributed by atoms with Gasteiger partial charge in [-0.1, -0.05) is 19.3 Å². The monoisotopic (exact) mass is 205 g/mol. The van der Waals surface area contributed by atoms with E-state index in [9.17, 15) is 10.0 Å². The number of nitrogens with zero attached hydrogens (tertiary/aromatic N) is 1. The van der Waals surface area contributed by atoms with Crippen LogP contribution in [0.25, 0.3) is 0 Å². The molecule has 0 unspecified atom stereocenters. The molecule has 1 saturated carbocycles. The Hall–Kier alpha value is -1.38. The molecule has 1 aromatic carbocycles. The normalized spacial score (nSPS) is 17.6. The van der Waals surface area contributed by atoms with Crippen LogP contribution in [0.2, 0.25) is 0 Å². The second-order valence-corrected chi connectivity index (χ2v) is 4.17. The molecule has 80 valence electrons. The Morgan fingerprint density at radius 3 is 2.60 bits per heavy atom. The van der Waals surface area contributed by atoms with E-state index in [0.29, 0.717) is 17.4 Å². The van der Waals surface area contributed by atoms with Gasteiger partial charge >= 0.3 is 0 Å². The lowest BCUT2D eigenvalue weighted by Crippen LogP contribution is -2.04. The largest absolute Gasteiger partial charge is 0.508 e. The van der Waals surface area contributed by atoms with Crippen LogP contribution < -0.4 is 0 Å². The second kappa shape index (κ2) is 4.43. The standard InChI is InChI=1S/C12H15NO2/c14-12-7-6-10(13-15)8-11(12)9-4-2-1-3-5-9/h6-9,14H,1-5H2. The summed E-state index contributed by atoms with van der Waals surface area (Å²) in [6, 6.07) is 4.84. The summed E-state index contributed by atoms with van der Waals surface area (Å²) in [6.45, 7) is 0. The third-order valence-corrected chi connectivity index (χ3v) is 3.16. The number of phenolic OH excluding ortho intramolecular Hbond substituents is 1. The smallest absolute Gasteiger partial charge is 0.119 e.